The van der Waals surface area contributed by atoms with E-state index in [2.05, 4.69) is 11.6 Å². The maximum atomic E-state index is 5.88. The zero-order valence-electron chi connectivity index (χ0n) is 8.35. The van der Waals surface area contributed by atoms with Gasteiger partial charge in [-0.05, 0) is 17.7 Å². The summed E-state index contributed by atoms with van der Waals surface area (Å²) in [4.78, 5) is 4.06. The van der Waals surface area contributed by atoms with Crippen LogP contribution < -0.4 is 5.73 Å². The Morgan fingerprint density at radius 2 is 1.93 bits per heavy atom. The van der Waals surface area contributed by atoms with Gasteiger partial charge in [0.1, 0.15) is 0 Å². The van der Waals surface area contributed by atoms with E-state index in [-0.39, 0.29) is 0 Å². The Balaban J connectivity index is 2.42. The standard InChI is InChI=1S/C13H12N2/c1-10(11-5-4-8-15-9-11)12-6-2-3-7-13(12)14/h2-9H,1,14H2. The van der Waals surface area contributed by atoms with Gasteiger partial charge in [-0.15, -0.1) is 0 Å². The first kappa shape index (κ1) is 9.46. The van der Waals surface area contributed by atoms with Crippen LogP contribution in [0, 0.1) is 0 Å². The summed E-state index contributed by atoms with van der Waals surface area (Å²) in [5, 5.41) is 0. The lowest BCUT2D eigenvalue weighted by molar-refractivity contribution is 1.31. The number of benzene rings is 1. The lowest BCUT2D eigenvalue weighted by atomic mass is 10.00. The van der Waals surface area contributed by atoms with E-state index in [1.165, 1.54) is 0 Å². The van der Waals surface area contributed by atoms with Gasteiger partial charge in [0.2, 0.25) is 0 Å². The predicted octanol–water partition coefficient (Wildman–Crippen LogP) is 2.73. The van der Waals surface area contributed by atoms with Crippen LogP contribution in [-0.2, 0) is 0 Å². The molecule has 0 aliphatic rings. The van der Waals surface area contributed by atoms with E-state index < -0.39 is 0 Å². The van der Waals surface area contributed by atoms with Crippen LogP contribution in [0.15, 0.2) is 55.4 Å². The van der Waals surface area contributed by atoms with Crippen molar-refractivity contribution < 1.29 is 0 Å². The first-order chi connectivity index (χ1) is 7.29. The molecule has 0 aliphatic heterocycles. The second-order valence-electron chi connectivity index (χ2n) is 3.31. The lowest BCUT2D eigenvalue weighted by Crippen LogP contribution is -1.94. The molecular weight excluding hydrogens is 184 g/mol. The van der Waals surface area contributed by atoms with Crippen molar-refractivity contribution >= 4 is 11.3 Å². The normalized spacial score (nSPS) is 9.87. The molecule has 0 unspecified atom stereocenters. The Labute approximate surface area is 89.1 Å². The monoisotopic (exact) mass is 196 g/mol. The topological polar surface area (TPSA) is 38.9 Å². The molecule has 0 bridgehead atoms. The van der Waals surface area contributed by atoms with Gasteiger partial charge in [0.05, 0.1) is 0 Å². The number of hydrogen-bond acceptors (Lipinski definition) is 2. The summed E-state index contributed by atoms with van der Waals surface area (Å²) in [7, 11) is 0. The molecule has 2 aromatic rings. The minimum absolute atomic E-state index is 0.742. The Kier molecular flexibility index (Phi) is 2.50. The SMILES string of the molecule is C=C(c1cccnc1)c1ccccc1N. The molecule has 0 aliphatic carbocycles. The molecule has 0 fully saturated rings. The van der Waals surface area contributed by atoms with Gasteiger partial charge in [-0.2, -0.15) is 0 Å². The van der Waals surface area contributed by atoms with Crippen LogP contribution in [0.5, 0.6) is 0 Å². The fourth-order valence-corrected chi connectivity index (χ4v) is 1.47. The molecule has 0 spiro atoms. The van der Waals surface area contributed by atoms with Gasteiger partial charge in [-0.25, -0.2) is 0 Å². The maximum Gasteiger partial charge on any atom is 0.0393 e. The fourth-order valence-electron chi connectivity index (χ4n) is 1.47. The molecule has 0 saturated heterocycles. The number of pyridine rings is 1. The van der Waals surface area contributed by atoms with Crippen LogP contribution in [0.25, 0.3) is 5.57 Å². The molecule has 0 saturated carbocycles. The minimum Gasteiger partial charge on any atom is -0.398 e. The Bertz CT molecular complexity index is 475. The average Bonchev–Trinajstić information content (AvgIpc) is 2.30. The van der Waals surface area contributed by atoms with Gasteiger partial charge < -0.3 is 5.73 Å². The molecule has 2 nitrogen and oxygen atoms in total. The highest BCUT2D eigenvalue weighted by Crippen LogP contribution is 2.25. The number of nitrogen functional groups attached to an aromatic ring is 1. The van der Waals surface area contributed by atoms with Crippen LogP contribution >= 0.6 is 0 Å². The fraction of sp³-hybridized carbons (Fsp3) is 0. The summed E-state index contributed by atoms with van der Waals surface area (Å²) in [5.41, 5.74) is 9.48. The van der Waals surface area contributed by atoms with E-state index in [4.69, 9.17) is 5.73 Å². The molecule has 74 valence electrons. The molecule has 0 radical (unpaired) electrons. The maximum absolute atomic E-state index is 5.88. The molecule has 0 atom stereocenters. The summed E-state index contributed by atoms with van der Waals surface area (Å²) in [6.45, 7) is 4.04. The molecule has 1 heterocycles. The third-order valence-corrected chi connectivity index (χ3v) is 2.30. The highest BCUT2D eigenvalue weighted by Gasteiger charge is 2.04. The molecule has 2 heteroatoms. The molecule has 1 aromatic heterocycles. The number of nitrogens with two attached hydrogens (primary N) is 1. The summed E-state index contributed by atoms with van der Waals surface area (Å²) in [6, 6.07) is 11.6. The van der Waals surface area contributed by atoms with Crippen LogP contribution in [0.3, 0.4) is 0 Å². The third kappa shape index (κ3) is 1.89. The Morgan fingerprint density at radius 1 is 1.13 bits per heavy atom. The molecule has 15 heavy (non-hydrogen) atoms. The average molecular weight is 196 g/mol. The number of aromatic nitrogens is 1. The smallest absolute Gasteiger partial charge is 0.0393 e. The van der Waals surface area contributed by atoms with Gasteiger partial charge in [-0.1, -0.05) is 30.8 Å². The summed E-state index contributed by atoms with van der Waals surface area (Å²) in [6.07, 6.45) is 3.53. The van der Waals surface area contributed by atoms with Crippen LogP contribution in [0.4, 0.5) is 5.69 Å². The Morgan fingerprint density at radius 3 is 2.60 bits per heavy atom. The Hall–Kier alpha value is -2.09. The quantitative estimate of drug-likeness (QED) is 0.750. The van der Waals surface area contributed by atoms with E-state index in [0.717, 1.165) is 22.4 Å². The summed E-state index contributed by atoms with van der Waals surface area (Å²) < 4.78 is 0. The second-order valence-corrected chi connectivity index (χ2v) is 3.31. The first-order valence-corrected chi connectivity index (χ1v) is 4.73. The van der Waals surface area contributed by atoms with Gasteiger partial charge in [0, 0.05) is 29.2 Å². The summed E-state index contributed by atoms with van der Waals surface area (Å²) in [5.74, 6) is 0. The lowest BCUT2D eigenvalue weighted by Gasteiger charge is -2.08. The highest BCUT2D eigenvalue weighted by molar-refractivity contribution is 5.83. The van der Waals surface area contributed by atoms with Crippen LogP contribution in [0.2, 0.25) is 0 Å². The van der Waals surface area contributed by atoms with Crippen molar-refractivity contribution in [2.24, 2.45) is 0 Å². The van der Waals surface area contributed by atoms with Crippen molar-refractivity contribution in [2.75, 3.05) is 5.73 Å². The van der Waals surface area contributed by atoms with E-state index in [1.54, 1.807) is 12.4 Å². The summed E-state index contributed by atoms with van der Waals surface area (Å²) >= 11 is 0. The van der Waals surface area contributed by atoms with Crippen LogP contribution in [-0.4, -0.2) is 4.98 Å². The number of nitrogens with zero attached hydrogens (tertiary/aromatic N) is 1. The first-order valence-electron chi connectivity index (χ1n) is 4.73. The van der Waals surface area contributed by atoms with Crippen LogP contribution in [0.1, 0.15) is 11.1 Å². The van der Waals surface area contributed by atoms with Crippen molar-refractivity contribution in [1.29, 1.82) is 0 Å². The number of para-hydroxylation sites is 1. The van der Waals surface area contributed by atoms with Gasteiger partial charge in [0.25, 0.3) is 0 Å². The van der Waals surface area contributed by atoms with E-state index in [9.17, 15) is 0 Å². The van der Waals surface area contributed by atoms with Gasteiger partial charge >= 0.3 is 0 Å². The van der Waals surface area contributed by atoms with E-state index in [0.29, 0.717) is 0 Å². The van der Waals surface area contributed by atoms with E-state index >= 15 is 0 Å². The zero-order chi connectivity index (χ0) is 10.7. The molecular formula is C13H12N2. The van der Waals surface area contributed by atoms with Crippen molar-refractivity contribution in [3.05, 3.63) is 66.5 Å². The number of hydrogen-bond donors (Lipinski definition) is 1. The van der Waals surface area contributed by atoms with Gasteiger partial charge in [0.15, 0.2) is 0 Å². The number of rotatable bonds is 2. The molecule has 0 amide bonds. The zero-order valence-corrected chi connectivity index (χ0v) is 8.35. The highest BCUT2D eigenvalue weighted by atomic mass is 14.6. The molecule has 2 N–H and O–H groups in total. The van der Waals surface area contributed by atoms with Crippen molar-refractivity contribution in [2.45, 2.75) is 0 Å². The van der Waals surface area contributed by atoms with Crippen molar-refractivity contribution in [1.82, 2.24) is 4.98 Å². The molecule has 2 rings (SSSR count). The second kappa shape index (κ2) is 3.96. The number of anilines is 1. The van der Waals surface area contributed by atoms with Crippen molar-refractivity contribution in [3.63, 3.8) is 0 Å². The predicted molar refractivity (Wildman–Crippen MR) is 63.2 cm³/mol. The van der Waals surface area contributed by atoms with Gasteiger partial charge in [-0.3, -0.25) is 4.98 Å². The largest absolute Gasteiger partial charge is 0.398 e. The van der Waals surface area contributed by atoms with E-state index in [1.807, 2.05) is 36.4 Å². The van der Waals surface area contributed by atoms with Crippen molar-refractivity contribution in [3.8, 4) is 0 Å². The third-order valence-electron chi connectivity index (χ3n) is 2.30. The minimum atomic E-state index is 0.742. The molecule has 1 aromatic carbocycles.